The van der Waals surface area contributed by atoms with Crippen molar-refractivity contribution in [3.63, 3.8) is 0 Å². The molecule has 1 aliphatic rings. The molecule has 2 aromatic rings. The predicted octanol–water partition coefficient (Wildman–Crippen LogP) is 3.60. The highest BCUT2D eigenvalue weighted by molar-refractivity contribution is 7.90. The Bertz CT molecular complexity index is 1020. The molecule has 6 heteroatoms. The average Bonchev–Trinajstić information content (AvgIpc) is 2.91. The van der Waals surface area contributed by atoms with Crippen LogP contribution in [0.4, 0.5) is 4.39 Å². The summed E-state index contributed by atoms with van der Waals surface area (Å²) in [5.74, 6) is -1.06. The summed E-state index contributed by atoms with van der Waals surface area (Å²) in [6.45, 7) is 1.68. The van der Waals surface area contributed by atoms with Crippen LogP contribution in [-0.4, -0.2) is 20.6 Å². The largest absolute Gasteiger partial charge is 0.423 e. The number of rotatable bonds is 3. The second kappa shape index (κ2) is 6.29. The van der Waals surface area contributed by atoms with Gasteiger partial charge in [0.05, 0.1) is 10.5 Å². The van der Waals surface area contributed by atoms with Crippen molar-refractivity contribution >= 4 is 27.0 Å². The van der Waals surface area contributed by atoms with Crippen molar-refractivity contribution in [3.05, 3.63) is 77.3 Å². The first-order chi connectivity index (χ1) is 11.8. The highest BCUT2D eigenvalue weighted by Crippen LogP contribution is 2.40. The Balaban J connectivity index is 2.28. The van der Waals surface area contributed by atoms with Gasteiger partial charge in [0.2, 0.25) is 0 Å². The van der Waals surface area contributed by atoms with E-state index in [0.29, 0.717) is 11.1 Å². The smallest absolute Gasteiger partial charge is 0.344 e. The van der Waals surface area contributed by atoms with Crippen molar-refractivity contribution in [2.24, 2.45) is 0 Å². The number of hydrogen-bond acceptors (Lipinski definition) is 4. The molecule has 0 atom stereocenters. The molecule has 0 N–H and O–H groups in total. The van der Waals surface area contributed by atoms with Crippen molar-refractivity contribution in [1.82, 2.24) is 0 Å². The second-order valence-electron chi connectivity index (χ2n) is 5.57. The van der Waals surface area contributed by atoms with Gasteiger partial charge in [0.15, 0.2) is 9.84 Å². The van der Waals surface area contributed by atoms with Crippen LogP contribution in [0.5, 0.6) is 0 Å². The topological polar surface area (TPSA) is 60.4 Å². The van der Waals surface area contributed by atoms with Crippen LogP contribution in [0, 0.1) is 5.82 Å². The number of halogens is 1. The van der Waals surface area contributed by atoms with E-state index >= 15 is 0 Å². The number of carbonyl (C=O) groups excluding carboxylic acids is 1. The molecule has 0 aliphatic carbocycles. The van der Waals surface area contributed by atoms with E-state index in [-0.39, 0.29) is 21.8 Å². The van der Waals surface area contributed by atoms with E-state index in [2.05, 4.69) is 0 Å². The van der Waals surface area contributed by atoms with Gasteiger partial charge in [-0.25, -0.2) is 17.6 Å². The SMILES string of the molecule is C/C=C1\OC(=O)C(c2ccccc2)=C1c1ccc(S(C)(=O)=O)cc1F. The first-order valence-corrected chi connectivity index (χ1v) is 9.40. The predicted molar refractivity (Wildman–Crippen MR) is 92.6 cm³/mol. The average molecular weight is 358 g/mol. The lowest BCUT2D eigenvalue weighted by molar-refractivity contribution is -0.131. The van der Waals surface area contributed by atoms with Crippen LogP contribution in [0.3, 0.4) is 0 Å². The molecule has 1 heterocycles. The highest BCUT2D eigenvalue weighted by atomic mass is 32.2. The zero-order valence-corrected chi connectivity index (χ0v) is 14.4. The van der Waals surface area contributed by atoms with Gasteiger partial charge in [0, 0.05) is 17.4 Å². The van der Waals surface area contributed by atoms with E-state index in [1.165, 1.54) is 12.1 Å². The summed E-state index contributed by atoms with van der Waals surface area (Å²) in [7, 11) is -3.53. The second-order valence-corrected chi connectivity index (χ2v) is 7.59. The van der Waals surface area contributed by atoms with E-state index in [1.807, 2.05) is 6.07 Å². The van der Waals surface area contributed by atoms with Gasteiger partial charge in [-0.1, -0.05) is 30.3 Å². The molecule has 1 aliphatic heterocycles. The van der Waals surface area contributed by atoms with Crippen LogP contribution in [-0.2, 0) is 19.4 Å². The van der Waals surface area contributed by atoms with E-state index in [4.69, 9.17) is 4.74 Å². The number of carbonyl (C=O) groups is 1. The Morgan fingerprint density at radius 2 is 1.72 bits per heavy atom. The van der Waals surface area contributed by atoms with Crippen LogP contribution in [0.15, 0.2) is 65.3 Å². The minimum absolute atomic E-state index is 0.116. The van der Waals surface area contributed by atoms with Crippen LogP contribution < -0.4 is 0 Å². The molecule has 0 aromatic heterocycles. The van der Waals surface area contributed by atoms with Gasteiger partial charge in [0.25, 0.3) is 0 Å². The first kappa shape index (κ1) is 17.1. The molecular formula is C19H15FO4S. The van der Waals surface area contributed by atoms with Gasteiger partial charge >= 0.3 is 5.97 Å². The molecule has 0 bridgehead atoms. The molecule has 0 saturated carbocycles. The fraction of sp³-hybridized carbons (Fsp3) is 0.105. The third kappa shape index (κ3) is 3.13. The normalized spacial score (nSPS) is 16.4. The lowest BCUT2D eigenvalue weighted by Crippen LogP contribution is -2.00. The molecule has 0 radical (unpaired) electrons. The summed E-state index contributed by atoms with van der Waals surface area (Å²) < 4.78 is 43.1. The van der Waals surface area contributed by atoms with Crippen molar-refractivity contribution < 1.29 is 22.3 Å². The monoisotopic (exact) mass is 358 g/mol. The Kier molecular flexibility index (Phi) is 4.30. The lowest BCUT2D eigenvalue weighted by atomic mass is 9.94. The maximum atomic E-state index is 14.7. The number of sulfone groups is 1. The van der Waals surface area contributed by atoms with E-state index < -0.39 is 21.6 Å². The summed E-state index contributed by atoms with van der Waals surface area (Å²) in [6.07, 6.45) is 2.59. The first-order valence-electron chi connectivity index (χ1n) is 7.51. The third-order valence-electron chi connectivity index (χ3n) is 3.87. The van der Waals surface area contributed by atoms with Crippen LogP contribution >= 0.6 is 0 Å². The van der Waals surface area contributed by atoms with Crippen LogP contribution in [0.25, 0.3) is 11.1 Å². The molecule has 0 amide bonds. The zero-order valence-electron chi connectivity index (χ0n) is 13.6. The van der Waals surface area contributed by atoms with Gasteiger partial charge in [0.1, 0.15) is 11.6 Å². The van der Waals surface area contributed by atoms with Gasteiger partial charge in [-0.3, -0.25) is 0 Å². The standard InChI is InChI=1S/C19H15FO4S/c1-3-16-18(14-10-9-13(11-15(14)20)25(2,22)23)17(19(21)24-16)12-7-5-4-6-8-12/h3-11H,1-2H3/b16-3-. The molecule has 3 rings (SSSR count). The van der Waals surface area contributed by atoms with Crippen molar-refractivity contribution in [2.45, 2.75) is 11.8 Å². The van der Waals surface area contributed by atoms with E-state index in [9.17, 15) is 17.6 Å². The Labute approximate surface area is 145 Å². The number of cyclic esters (lactones) is 1. The summed E-state index contributed by atoms with van der Waals surface area (Å²) in [5, 5.41) is 0. The lowest BCUT2D eigenvalue weighted by Gasteiger charge is -2.09. The number of hydrogen-bond donors (Lipinski definition) is 0. The van der Waals surface area contributed by atoms with Gasteiger partial charge in [-0.05, 0) is 36.8 Å². The van der Waals surface area contributed by atoms with Gasteiger partial charge in [-0.2, -0.15) is 0 Å². The molecule has 0 spiro atoms. The molecule has 4 nitrogen and oxygen atoms in total. The fourth-order valence-corrected chi connectivity index (χ4v) is 3.33. The maximum absolute atomic E-state index is 14.7. The van der Waals surface area contributed by atoms with Crippen molar-refractivity contribution in [2.75, 3.05) is 6.26 Å². The number of allylic oxidation sites excluding steroid dienone is 2. The highest BCUT2D eigenvalue weighted by Gasteiger charge is 2.33. The Morgan fingerprint density at radius 1 is 1.04 bits per heavy atom. The van der Waals surface area contributed by atoms with Crippen LogP contribution in [0.1, 0.15) is 18.1 Å². The van der Waals surface area contributed by atoms with Crippen molar-refractivity contribution in [1.29, 1.82) is 0 Å². The van der Waals surface area contributed by atoms with E-state index in [1.54, 1.807) is 37.3 Å². The van der Waals surface area contributed by atoms with Crippen molar-refractivity contribution in [3.8, 4) is 0 Å². The molecule has 2 aromatic carbocycles. The number of esters is 1. The summed E-state index contributed by atoms with van der Waals surface area (Å²) in [4.78, 5) is 12.2. The zero-order chi connectivity index (χ0) is 18.2. The fourth-order valence-electron chi connectivity index (χ4n) is 2.69. The third-order valence-corrected chi connectivity index (χ3v) is 4.98. The summed E-state index contributed by atoms with van der Waals surface area (Å²) >= 11 is 0. The van der Waals surface area contributed by atoms with Crippen LogP contribution in [0.2, 0.25) is 0 Å². The molecular weight excluding hydrogens is 343 g/mol. The Morgan fingerprint density at radius 3 is 2.28 bits per heavy atom. The number of ether oxygens (including phenoxy) is 1. The molecule has 25 heavy (non-hydrogen) atoms. The van der Waals surface area contributed by atoms with E-state index in [0.717, 1.165) is 12.3 Å². The minimum atomic E-state index is -3.53. The maximum Gasteiger partial charge on any atom is 0.344 e. The Hall–Kier alpha value is -2.73. The molecule has 0 unspecified atom stereocenters. The van der Waals surface area contributed by atoms with Gasteiger partial charge < -0.3 is 4.74 Å². The van der Waals surface area contributed by atoms with Gasteiger partial charge in [-0.15, -0.1) is 0 Å². The molecule has 128 valence electrons. The molecule has 0 saturated heterocycles. The molecule has 0 fully saturated rings. The summed E-state index contributed by atoms with van der Waals surface area (Å²) in [5.41, 5.74) is 1.28. The quantitative estimate of drug-likeness (QED) is 0.787. The number of benzene rings is 2. The minimum Gasteiger partial charge on any atom is -0.423 e. The summed E-state index contributed by atoms with van der Waals surface area (Å²) in [6, 6.07) is 12.4.